The zero-order valence-electron chi connectivity index (χ0n) is 14.6. The second kappa shape index (κ2) is 6.71. The molecule has 1 saturated heterocycles. The predicted octanol–water partition coefficient (Wildman–Crippen LogP) is 3.26. The van der Waals surface area contributed by atoms with Gasteiger partial charge in [0, 0.05) is 36.5 Å². The van der Waals surface area contributed by atoms with E-state index in [1.807, 2.05) is 29.2 Å². The predicted molar refractivity (Wildman–Crippen MR) is 95.4 cm³/mol. The maximum absolute atomic E-state index is 12.8. The van der Waals surface area contributed by atoms with Crippen molar-refractivity contribution in [1.29, 1.82) is 0 Å². The van der Waals surface area contributed by atoms with E-state index >= 15 is 0 Å². The molecule has 1 aliphatic heterocycles. The second-order valence-electron chi connectivity index (χ2n) is 6.99. The molecule has 1 atom stereocenters. The van der Waals surface area contributed by atoms with Crippen molar-refractivity contribution in [3.63, 3.8) is 0 Å². The van der Waals surface area contributed by atoms with Crippen molar-refractivity contribution >= 4 is 23.4 Å². The summed E-state index contributed by atoms with van der Waals surface area (Å²) in [6.45, 7) is 7.68. The number of amides is 4. The van der Waals surface area contributed by atoms with E-state index in [1.165, 1.54) is 0 Å². The first-order chi connectivity index (χ1) is 11.5. The largest absolute Gasteiger partial charge is 0.336 e. The molecule has 1 unspecified atom stereocenters. The number of nitrogens with zero attached hydrogens (tertiary/aromatic N) is 2. The van der Waals surface area contributed by atoms with Gasteiger partial charge in [0.1, 0.15) is 0 Å². The van der Waals surface area contributed by atoms with Gasteiger partial charge in [0.25, 0.3) is 0 Å². The van der Waals surface area contributed by atoms with Crippen molar-refractivity contribution in [3.05, 3.63) is 24.3 Å². The molecule has 6 nitrogen and oxygen atoms in total. The second-order valence-corrected chi connectivity index (χ2v) is 6.99. The van der Waals surface area contributed by atoms with Crippen molar-refractivity contribution < 1.29 is 9.59 Å². The molecule has 6 heteroatoms. The number of carbonyl (C=O) groups is 2. The zero-order chi connectivity index (χ0) is 17.3. The van der Waals surface area contributed by atoms with Gasteiger partial charge in [-0.15, -0.1) is 0 Å². The van der Waals surface area contributed by atoms with Gasteiger partial charge in [0.05, 0.1) is 0 Å². The molecule has 1 aromatic rings. The maximum atomic E-state index is 12.8. The average molecular weight is 330 g/mol. The van der Waals surface area contributed by atoms with Crippen LogP contribution in [0.4, 0.5) is 21.0 Å². The van der Waals surface area contributed by atoms with Crippen molar-refractivity contribution in [3.8, 4) is 0 Å². The molecular weight excluding hydrogens is 304 g/mol. The van der Waals surface area contributed by atoms with Gasteiger partial charge >= 0.3 is 12.1 Å². The van der Waals surface area contributed by atoms with Crippen LogP contribution >= 0.6 is 0 Å². The Kier molecular flexibility index (Phi) is 4.64. The molecule has 2 aliphatic rings. The van der Waals surface area contributed by atoms with E-state index in [0.29, 0.717) is 25.0 Å². The molecule has 3 rings (SSSR count). The van der Waals surface area contributed by atoms with Gasteiger partial charge in [0.15, 0.2) is 0 Å². The van der Waals surface area contributed by atoms with Crippen LogP contribution in [-0.2, 0) is 0 Å². The minimum Gasteiger partial charge on any atom is -0.336 e. The standard InChI is InChI=1S/C18H26N4O2/c1-12(2)13(3)22(15-7-8-15)18(24)20-14-5-4-6-16(11-14)21-10-9-19-17(21)23/h4-6,11-13,15H,7-10H2,1-3H3,(H,19,23)(H,20,24). The Morgan fingerprint density at radius 2 is 2.08 bits per heavy atom. The van der Waals surface area contributed by atoms with E-state index in [2.05, 4.69) is 31.4 Å². The number of nitrogens with one attached hydrogen (secondary N) is 2. The molecule has 4 amide bonds. The topological polar surface area (TPSA) is 64.7 Å². The quantitative estimate of drug-likeness (QED) is 0.870. The van der Waals surface area contributed by atoms with Crippen LogP contribution in [0.25, 0.3) is 0 Å². The third kappa shape index (κ3) is 3.47. The highest BCUT2D eigenvalue weighted by molar-refractivity contribution is 5.96. The van der Waals surface area contributed by atoms with Gasteiger partial charge in [-0.2, -0.15) is 0 Å². The number of hydrogen-bond acceptors (Lipinski definition) is 2. The number of urea groups is 2. The molecule has 0 aromatic heterocycles. The Labute approximate surface area is 143 Å². The third-order valence-corrected chi connectivity index (χ3v) is 4.84. The fraction of sp³-hybridized carbons (Fsp3) is 0.556. The van der Waals surface area contributed by atoms with Crippen LogP contribution < -0.4 is 15.5 Å². The summed E-state index contributed by atoms with van der Waals surface area (Å²) < 4.78 is 0. The molecule has 1 heterocycles. The summed E-state index contributed by atoms with van der Waals surface area (Å²) in [5, 5.41) is 5.79. The minimum absolute atomic E-state index is 0.0540. The number of rotatable bonds is 5. The van der Waals surface area contributed by atoms with Gasteiger partial charge in [-0.3, -0.25) is 4.90 Å². The Hall–Kier alpha value is -2.24. The van der Waals surface area contributed by atoms with Gasteiger partial charge in [0.2, 0.25) is 0 Å². The molecular formula is C18H26N4O2. The third-order valence-electron chi connectivity index (χ3n) is 4.84. The lowest BCUT2D eigenvalue weighted by molar-refractivity contribution is 0.169. The summed E-state index contributed by atoms with van der Waals surface area (Å²) in [6, 6.07) is 7.88. The normalized spacial score (nSPS) is 18.5. The van der Waals surface area contributed by atoms with Gasteiger partial charge in [-0.05, 0) is 43.9 Å². The van der Waals surface area contributed by atoms with Crippen LogP contribution in [0.5, 0.6) is 0 Å². The number of benzene rings is 1. The van der Waals surface area contributed by atoms with Crippen LogP contribution in [-0.4, -0.2) is 42.1 Å². The van der Waals surface area contributed by atoms with Crippen LogP contribution in [0, 0.1) is 5.92 Å². The SMILES string of the molecule is CC(C)C(C)N(C(=O)Nc1cccc(N2CCNC2=O)c1)C1CC1. The molecule has 1 aliphatic carbocycles. The summed E-state index contributed by atoms with van der Waals surface area (Å²) in [5.41, 5.74) is 1.52. The van der Waals surface area contributed by atoms with E-state index in [4.69, 9.17) is 0 Å². The summed E-state index contributed by atoms with van der Waals surface area (Å²) in [6.07, 6.45) is 2.16. The summed E-state index contributed by atoms with van der Waals surface area (Å²) in [7, 11) is 0. The number of anilines is 2. The van der Waals surface area contributed by atoms with Crippen LogP contribution in [0.15, 0.2) is 24.3 Å². The van der Waals surface area contributed by atoms with Crippen molar-refractivity contribution in [2.75, 3.05) is 23.3 Å². The molecule has 1 saturated carbocycles. The van der Waals surface area contributed by atoms with Crippen molar-refractivity contribution in [2.45, 2.75) is 45.7 Å². The Morgan fingerprint density at radius 1 is 1.33 bits per heavy atom. The van der Waals surface area contributed by atoms with E-state index in [9.17, 15) is 9.59 Å². The summed E-state index contributed by atoms with van der Waals surface area (Å²) in [5.74, 6) is 0.413. The van der Waals surface area contributed by atoms with E-state index in [-0.39, 0.29) is 18.1 Å². The highest BCUT2D eigenvalue weighted by Crippen LogP contribution is 2.31. The molecule has 2 fully saturated rings. The first kappa shape index (κ1) is 16.6. The van der Waals surface area contributed by atoms with Crippen LogP contribution in [0.2, 0.25) is 0 Å². The van der Waals surface area contributed by atoms with E-state index in [1.54, 1.807) is 4.90 Å². The molecule has 0 bridgehead atoms. The van der Waals surface area contributed by atoms with E-state index < -0.39 is 0 Å². The molecule has 0 spiro atoms. The maximum Gasteiger partial charge on any atom is 0.322 e. The first-order valence-corrected chi connectivity index (χ1v) is 8.72. The molecule has 130 valence electrons. The smallest absolute Gasteiger partial charge is 0.322 e. The number of hydrogen-bond donors (Lipinski definition) is 2. The summed E-state index contributed by atoms with van der Waals surface area (Å²) in [4.78, 5) is 28.2. The monoisotopic (exact) mass is 330 g/mol. The fourth-order valence-electron chi connectivity index (χ4n) is 3.01. The lowest BCUT2D eigenvalue weighted by atomic mass is 10.0. The highest BCUT2D eigenvalue weighted by atomic mass is 16.2. The van der Waals surface area contributed by atoms with Gasteiger partial charge < -0.3 is 15.5 Å². The lowest BCUT2D eigenvalue weighted by Crippen LogP contribution is -2.45. The van der Waals surface area contributed by atoms with Crippen LogP contribution in [0.3, 0.4) is 0 Å². The molecule has 0 radical (unpaired) electrons. The number of carbonyl (C=O) groups excluding carboxylic acids is 2. The van der Waals surface area contributed by atoms with E-state index in [0.717, 1.165) is 24.2 Å². The Balaban J connectivity index is 1.73. The molecule has 2 N–H and O–H groups in total. The van der Waals surface area contributed by atoms with Crippen molar-refractivity contribution in [2.24, 2.45) is 5.92 Å². The van der Waals surface area contributed by atoms with Crippen LogP contribution in [0.1, 0.15) is 33.6 Å². The van der Waals surface area contributed by atoms with Gasteiger partial charge in [-0.25, -0.2) is 9.59 Å². The fourth-order valence-corrected chi connectivity index (χ4v) is 3.01. The van der Waals surface area contributed by atoms with Gasteiger partial charge in [-0.1, -0.05) is 19.9 Å². The van der Waals surface area contributed by atoms with Crippen molar-refractivity contribution in [1.82, 2.24) is 10.2 Å². The zero-order valence-corrected chi connectivity index (χ0v) is 14.6. The molecule has 1 aromatic carbocycles. The average Bonchev–Trinajstić information content (AvgIpc) is 3.27. The molecule has 24 heavy (non-hydrogen) atoms. The first-order valence-electron chi connectivity index (χ1n) is 8.72. The lowest BCUT2D eigenvalue weighted by Gasteiger charge is -2.32. The Bertz CT molecular complexity index is 627. The Morgan fingerprint density at radius 3 is 2.67 bits per heavy atom. The highest BCUT2D eigenvalue weighted by Gasteiger charge is 2.36. The minimum atomic E-state index is -0.0912. The summed E-state index contributed by atoms with van der Waals surface area (Å²) >= 11 is 0.